The van der Waals surface area contributed by atoms with Gasteiger partial charge in [-0.1, -0.05) is 6.07 Å². The number of hydrogen-bond acceptors (Lipinski definition) is 4. The van der Waals surface area contributed by atoms with Gasteiger partial charge in [-0.05, 0) is 30.9 Å². The Labute approximate surface area is 148 Å². The highest BCUT2D eigenvalue weighted by Crippen LogP contribution is 2.30. The molecule has 1 saturated heterocycles. The Morgan fingerprint density at radius 1 is 1.40 bits per heavy atom. The van der Waals surface area contributed by atoms with Crippen LogP contribution in [0.25, 0.3) is 0 Å². The third-order valence-electron chi connectivity index (χ3n) is 4.88. The van der Waals surface area contributed by atoms with Gasteiger partial charge in [-0.25, -0.2) is 0 Å². The molecule has 0 spiro atoms. The molecule has 1 fully saturated rings. The van der Waals surface area contributed by atoms with Gasteiger partial charge in [0.1, 0.15) is 11.5 Å². The van der Waals surface area contributed by atoms with Crippen LogP contribution in [0.4, 0.5) is 0 Å². The van der Waals surface area contributed by atoms with E-state index in [1.165, 1.54) is 0 Å². The number of carbonyl (C=O) groups is 2. The maximum atomic E-state index is 12.1. The van der Waals surface area contributed by atoms with Gasteiger partial charge in [0, 0.05) is 44.5 Å². The molecule has 25 heavy (non-hydrogen) atoms. The zero-order valence-electron chi connectivity index (χ0n) is 14.8. The number of benzene rings is 1. The highest BCUT2D eigenvalue weighted by molar-refractivity contribution is 5.79. The van der Waals surface area contributed by atoms with E-state index in [0.29, 0.717) is 32.5 Å². The van der Waals surface area contributed by atoms with Crippen molar-refractivity contribution in [3.63, 3.8) is 0 Å². The summed E-state index contributed by atoms with van der Waals surface area (Å²) in [5.41, 5.74) is 1.14. The van der Waals surface area contributed by atoms with Crippen LogP contribution in [0.1, 0.15) is 31.2 Å². The van der Waals surface area contributed by atoms with Crippen LogP contribution < -0.4 is 14.8 Å². The Hall–Kier alpha value is -2.24. The maximum Gasteiger partial charge on any atom is 0.222 e. The minimum Gasteiger partial charge on any atom is -0.497 e. The molecule has 136 valence electrons. The Bertz CT molecular complexity index is 632. The first kappa shape index (κ1) is 17.6. The average Bonchev–Trinajstić information content (AvgIpc) is 2.65. The summed E-state index contributed by atoms with van der Waals surface area (Å²) in [7, 11) is 1.64. The third-order valence-corrected chi connectivity index (χ3v) is 4.88. The standard InChI is InChI=1S/C19H26N2O4/c1-24-16-6-5-15-10-14(13-25-17(15)11-16)12-20-18(22)7-9-21-8-3-2-4-19(21)23/h5-6,11,14H,2-4,7-10,12-13H2,1H3,(H,20,22)/t14-/m1/s1. The molecule has 0 aliphatic carbocycles. The molecule has 0 radical (unpaired) electrons. The van der Waals surface area contributed by atoms with Crippen LogP contribution in [0.2, 0.25) is 0 Å². The molecule has 1 N–H and O–H groups in total. The van der Waals surface area contributed by atoms with Crippen molar-refractivity contribution in [1.82, 2.24) is 10.2 Å². The van der Waals surface area contributed by atoms with E-state index in [-0.39, 0.29) is 17.7 Å². The number of nitrogens with one attached hydrogen (secondary N) is 1. The van der Waals surface area contributed by atoms with Crippen molar-refractivity contribution in [1.29, 1.82) is 0 Å². The number of fused-ring (bicyclic) bond motifs is 1. The van der Waals surface area contributed by atoms with Crippen molar-refractivity contribution in [3.8, 4) is 11.5 Å². The van der Waals surface area contributed by atoms with E-state index in [1.807, 2.05) is 18.2 Å². The minimum atomic E-state index is -0.00102. The fourth-order valence-corrected chi connectivity index (χ4v) is 3.35. The molecule has 3 rings (SSSR count). The van der Waals surface area contributed by atoms with E-state index in [2.05, 4.69) is 5.32 Å². The van der Waals surface area contributed by atoms with Gasteiger partial charge in [0.2, 0.25) is 11.8 Å². The maximum absolute atomic E-state index is 12.1. The van der Waals surface area contributed by atoms with Gasteiger partial charge in [0.25, 0.3) is 0 Å². The molecule has 0 saturated carbocycles. The SMILES string of the molecule is COc1ccc2c(c1)OC[C@@H](CNC(=O)CCN1CCCCC1=O)C2. The van der Waals surface area contributed by atoms with Gasteiger partial charge in [-0.3, -0.25) is 9.59 Å². The van der Waals surface area contributed by atoms with Crippen LogP contribution in [0.3, 0.4) is 0 Å². The molecule has 0 unspecified atom stereocenters. The molecular formula is C19H26N2O4. The summed E-state index contributed by atoms with van der Waals surface area (Å²) in [6.45, 7) is 2.49. The first-order valence-corrected chi connectivity index (χ1v) is 9.00. The quantitative estimate of drug-likeness (QED) is 0.852. The highest BCUT2D eigenvalue weighted by atomic mass is 16.5. The van der Waals surface area contributed by atoms with Crippen molar-refractivity contribution in [3.05, 3.63) is 23.8 Å². The van der Waals surface area contributed by atoms with Crippen molar-refractivity contribution in [2.75, 3.05) is 33.4 Å². The number of methoxy groups -OCH3 is 1. The summed E-state index contributed by atoms with van der Waals surface area (Å²) in [6, 6.07) is 5.85. The summed E-state index contributed by atoms with van der Waals surface area (Å²) >= 11 is 0. The summed E-state index contributed by atoms with van der Waals surface area (Å²) in [5, 5.41) is 2.98. The van der Waals surface area contributed by atoms with E-state index in [0.717, 1.165) is 42.9 Å². The van der Waals surface area contributed by atoms with Gasteiger partial charge < -0.3 is 19.7 Å². The molecule has 0 bridgehead atoms. The highest BCUT2D eigenvalue weighted by Gasteiger charge is 2.22. The number of likely N-dealkylation sites (tertiary alicyclic amines) is 1. The van der Waals surface area contributed by atoms with E-state index in [4.69, 9.17) is 9.47 Å². The summed E-state index contributed by atoms with van der Waals surface area (Å²) < 4.78 is 11.0. The van der Waals surface area contributed by atoms with Gasteiger partial charge in [-0.2, -0.15) is 0 Å². The van der Waals surface area contributed by atoms with E-state index in [9.17, 15) is 9.59 Å². The van der Waals surface area contributed by atoms with Crippen LogP contribution in [-0.4, -0.2) is 50.1 Å². The van der Waals surface area contributed by atoms with Crippen molar-refractivity contribution in [2.45, 2.75) is 32.1 Å². The number of ether oxygens (including phenoxy) is 2. The molecule has 2 aliphatic rings. The third kappa shape index (κ3) is 4.65. The Kier molecular flexibility index (Phi) is 5.79. The lowest BCUT2D eigenvalue weighted by Crippen LogP contribution is -2.39. The lowest BCUT2D eigenvalue weighted by molar-refractivity contribution is -0.133. The molecule has 1 aromatic rings. The van der Waals surface area contributed by atoms with E-state index in [1.54, 1.807) is 12.0 Å². The normalized spacial score (nSPS) is 19.8. The molecule has 2 aliphatic heterocycles. The predicted octanol–water partition coefficient (Wildman–Crippen LogP) is 1.77. The van der Waals surface area contributed by atoms with Gasteiger partial charge in [0.05, 0.1) is 13.7 Å². The van der Waals surface area contributed by atoms with Crippen LogP contribution in [0.15, 0.2) is 18.2 Å². The van der Waals surface area contributed by atoms with Crippen molar-refractivity contribution < 1.29 is 19.1 Å². The van der Waals surface area contributed by atoms with Crippen LogP contribution >= 0.6 is 0 Å². The largest absolute Gasteiger partial charge is 0.497 e. The van der Waals surface area contributed by atoms with E-state index >= 15 is 0 Å². The van der Waals surface area contributed by atoms with E-state index < -0.39 is 0 Å². The first-order chi connectivity index (χ1) is 12.2. The lowest BCUT2D eigenvalue weighted by atomic mass is 9.96. The first-order valence-electron chi connectivity index (χ1n) is 9.00. The Balaban J connectivity index is 1.41. The number of rotatable bonds is 6. The number of nitrogens with zero attached hydrogens (tertiary/aromatic N) is 1. The molecule has 6 nitrogen and oxygen atoms in total. The number of piperidine rings is 1. The van der Waals surface area contributed by atoms with Crippen molar-refractivity contribution in [2.24, 2.45) is 5.92 Å². The minimum absolute atomic E-state index is 0.00102. The molecule has 1 atom stereocenters. The zero-order valence-corrected chi connectivity index (χ0v) is 14.8. The second-order valence-corrected chi connectivity index (χ2v) is 6.75. The van der Waals surface area contributed by atoms with Crippen LogP contribution in [-0.2, 0) is 16.0 Å². The topological polar surface area (TPSA) is 67.9 Å². The molecule has 0 aromatic heterocycles. The number of amides is 2. The monoisotopic (exact) mass is 346 g/mol. The summed E-state index contributed by atoms with van der Waals surface area (Å²) in [6.07, 6.45) is 3.87. The number of carbonyl (C=O) groups excluding carboxylic acids is 2. The second kappa shape index (κ2) is 8.23. The average molecular weight is 346 g/mol. The summed E-state index contributed by atoms with van der Waals surface area (Å²) in [4.78, 5) is 25.6. The molecule has 1 aromatic carbocycles. The van der Waals surface area contributed by atoms with Crippen LogP contribution in [0, 0.1) is 5.92 Å². The predicted molar refractivity (Wildman–Crippen MR) is 93.7 cm³/mol. The number of hydrogen-bond donors (Lipinski definition) is 1. The fraction of sp³-hybridized carbons (Fsp3) is 0.579. The second-order valence-electron chi connectivity index (χ2n) is 6.75. The van der Waals surface area contributed by atoms with Gasteiger partial charge in [-0.15, -0.1) is 0 Å². The van der Waals surface area contributed by atoms with Crippen molar-refractivity contribution >= 4 is 11.8 Å². The van der Waals surface area contributed by atoms with Gasteiger partial charge >= 0.3 is 0 Å². The smallest absolute Gasteiger partial charge is 0.222 e. The van der Waals surface area contributed by atoms with Gasteiger partial charge in [0.15, 0.2) is 0 Å². The summed E-state index contributed by atoms with van der Waals surface area (Å²) in [5.74, 6) is 2.09. The fourth-order valence-electron chi connectivity index (χ4n) is 3.35. The lowest BCUT2D eigenvalue weighted by Gasteiger charge is -2.27. The molecule has 6 heteroatoms. The Morgan fingerprint density at radius 2 is 2.28 bits per heavy atom. The molecule has 2 amide bonds. The molecule has 2 heterocycles. The Morgan fingerprint density at radius 3 is 3.08 bits per heavy atom. The molecular weight excluding hydrogens is 320 g/mol. The van der Waals surface area contributed by atoms with Crippen LogP contribution in [0.5, 0.6) is 11.5 Å². The zero-order chi connectivity index (χ0) is 17.6.